The fraction of sp³-hybridized carbons (Fsp3) is 0.0667. The molecule has 2 aromatic heterocycles. The molecule has 2 heterocycles. The van der Waals surface area contributed by atoms with Crippen LogP contribution in [-0.4, -0.2) is 9.97 Å². The molecule has 1 aromatic carbocycles. The van der Waals surface area contributed by atoms with Gasteiger partial charge in [-0.3, -0.25) is 0 Å². The van der Waals surface area contributed by atoms with Crippen molar-refractivity contribution in [1.82, 2.24) is 9.97 Å². The van der Waals surface area contributed by atoms with E-state index in [4.69, 9.17) is 14.9 Å². The van der Waals surface area contributed by atoms with Crippen molar-refractivity contribution in [3.05, 3.63) is 60.4 Å². The van der Waals surface area contributed by atoms with Crippen LogP contribution in [0.25, 0.3) is 11.5 Å². The van der Waals surface area contributed by atoms with Crippen molar-refractivity contribution in [2.45, 2.75) is 6.61 Å². The highest BCUT2D eigenvalue weighted by Gasteiger charge is 2.08. The Balaban J connectivity index is 1.80. The van der Waals surface area contributed by atoms with E-state index in [2.05, 4.69) is 9.97 Å². The van der Waals surface area contributed by atoms with Gasteiger partial charge < -0.3 is 14.9 Å². The van der Waals surface area contributed by atoms with E-state index >= 15 is 0 Å². The average Bonchev–Trinajstić information content (AvgIpc) is 3.00. The van der Waals surface area contributed by atoms with Gasteiger partial charge in [-0.2, -0.15) is 4.98 Å². The summed E-state index contributed by atoms with van der Waals surface area (Å²) in [6, 6.07) is 15.2. The molecular formula is C15H13N3O2. The maximum absolute atomic E-state index is 5.69. The normalized spacial score (nSPS) is 10.4. The van der Waals surface area contributed by atoms with Crippen molar-refractivity contribution in [1.29, 1.82) is 0 Å². The molecule has 3 aromatic rings. The Morgan fingerprint density at radius 3 is 2.65 bits per heavy atom. The topological polar surface area (TPSA) is 74.2 Å². The summed E-state index contributed by atoms with van der Waals surface area (Å²) in [4.78, 5) is 8.19. The summed E-state index contributed by atoms with van der Waals surface area (Å²) in [6.07, 6.45) is 1.58. The van der Waals surface area contributed by atoms with Crippen LogP contribution in [0.2, 0.25) is 0 Å². The highest BCUT2D eigenvalue weighted by molar-refractivity contribution is 5.54. The largest absolute Gasteiger partial charge is 0.473 e. The van der Waals surface area contributed by atoms with Crippen LogP contribution in [0, 0.1) is 0 Å². The van der Waals surface area contributed by atoms with E-state index in [-0.39, 0.29) is 5.95 Å². The Morgan fingerprint density at radius 2 is 1.90 bits per heavy atom. The zero-order valence-corrected chi connectivity index (χ0v) is 10.7. The third kappa shape index (κ3) is 2.77. The van der Waals surface area contributed by atoms with Crippen LogP contribution < -0.4 is 10.5 Å². The number of rotatable bonds is 4. The summed E-state index contributed by atoms with van der Waals surface area (Å²) in [5.41, 5.74) is 7.35. The maximum atomic E-state index is 5.69. The van der Waals surface area contributed by atoms with E-state index in [1.165, 1.54) is 0 Å². The number of hydrogen-bond acceptors (Lipinski definition) is 5. The molecule has 0 aliphatic heterocycles. The van der Waals surface area contributed by atoms with E-state index < -0.39 is 0 Å². The van der Waals surface area contributed by atoms with E-state index in [1.54, 1.807) is 18.4 Å². The highest BCUT2D eigenvalue weighted by Crippen LogP contribution is 2.22. The number of benzene rings is 1. The Morgan fingerprint density at radius 1 is 1.05 bits per heavy atom. The molecule has 0 bridgehead atoms. The number of nitrogen functional groups attached to an aromatic ring is 1. The molecule has 0 aliphatic carbocycles. The molecule has 0 aliphatic rings. The minimum Gasteiger partial charge on any atom is -0.473 e. The molecule has 0 saturated heterocycles. The van der Waals surface area contributed by atoms with Crippen LogP contribution in [0.3, 0.4) is 0 Å². The number of furan rings is 1. The molecule has 0 amide bonds. The first-order valence-corrected chi connectivity index (χ1v) is 6.16. The van der Waals surface area contributed by atoms with E-state index in [0.29, 0.717) is 23.9 Å². The second-order valence-electron chi connectivity index (χ2n) is 4.20. The number of hydrogen-bond donors (Lipinski definition) is 1. The predicted octanol–water partition coefficient (Wildman–Crippen LogP) is 2.90. The lowest BCUT2D eigenvalue weighted by atomic mass is 10.2. The SMILES string of the molecule is Nc1nc(OCc2ccccc2)cc(-c2ccco2)n1. The molecule has 0 saturated carbocycles. The molecule has 100 valence electrons. The summed E-state index contributed by atoms with van der Waals surface area (Å²) >= 11 is 0. The van der Waals surface area contributed by atoms with Gasteiger partial charge in [0, 0.05) is 6.07 Å². The molecule has 2 N–H and O–H groups in total. The van der Waals surface area contributed by atoms with Crippen LogP contribution in [-0.2, 0) is 6.61 Å². The zero-order valence-electron chi connectivity index (χ0n) is 10.7. The lowest BCUT2D eigenvalue weighted by Crippen LogP contribution is -2.02. The molecule has 5 heteroatoms. The van der Waals surface area contributed by atoms with Gasteiger partial charge in [-0.05, 0) is 17.7 Å². The molecule has 0 atom stereocenters. The van der Waals surface area contributed by atoms with Crippen molar-refractivity contribution < 1.29 is 9.15 Å². The van der Waals surface area contributed by atoms with Crippen LogP contribution in [0.1, 0.15) is 5.56 Å². The van der Waals surface area contributed by atoms with Gasteiger partial charge in [-0.15, -0.1) is 0 Å². The minimum absolute atomic E-state index is 0.155. The molecule has 0 fully saturated rings. The van der Waals surface area contributed by atoms with Gasteiger partial charge in [0.1, 0.15) is 12.3 Å². The Bertz CT molecular complexity index is 682. The van der Waals surface area contributed by atoms with Crippen LogP contribution in [0.15, 0.2) is 59.2 Å². The first-order chi connectivity index (χ1) is 9.81. The lowest BCUT2D eigenvalue weighted by Gasteiger charge is -2.07. The van der Waals surface area contributed by atoms with Gasteiger partial charge in [-0.1, -0.05) is 30.3 Å². The minimum atomic E-state index is 0.155. The van der Waals surface area contributed by atoms with Crippen molar-refractivity contribution >= 4 is 5.95 Å². The standard InChI is InChI=1S/C15H13N3O2/c16-15-17-12(13-7-4-8-19-13)9-14(18-15)20-10-11-5-2-1-3-6-11/h1-9H,10H2,(H2,16,17,18). The number of nitrogens with zero attached hydrogens (tertiary/aromatic N) is 2. The van der Waals surface area contributed by atoms with Gasteiger partial charge in [0.15, 0.2) is 5.76 Å². The fourth-order valence-corrected chi connectivity index (χ4v) is 1.80. The quantitative estimate of drug-likeness (QED) is 0.786. The third-order valence-electron chi connectivity index (χ3n) is 2.72. The number of aromatic nitrogens is 2. The molecule has 5 nitrogen and oxygen atoms in total. The van der Waals surface area contributed by atoms with Gasteiger partial charge in [-0.25, -0.2) is 4.98 Å². The monoisotopic (exact) mass is 267 g/mol. The summed E-state index contributed by atoms with van der Waals surface area (Å²) < 4.78 is 10.9. The maximum Gasteiger partial charge on any atom is 0.223 e. The van der Waals surface area contributed by atoms with E-state index in [1.807, 2.05) is 36.4 Å². The van der Waals surface area contributed by atoms with Gasteiger partial charge >= 0.3 is 0 Å². The van der Waals surface area contributed by atoms with Gasteiger partial charge in [0.25, 0.3) is 0 Å². The van der Waals surface area contributed by atoms with Crippen LogP contribution >= 0.6 is 0 Å². The van der Waals surface area contributed by atoms with E-state index in [0.717, 1.165) is 5.56 Å². The first kappa shape index (κ1) is 12.2. The summed E-state index contributed by atoms with van der Waals surface area (Å²) in [5.74, 6) is 1.21. The molecule has 0 radical (unpaired) electrons. The Labute approximate surface area is 116 Å². The summed E-state index contributed by atoms with van der Waals surface area (Å²) in [5, 5.41) is 0. The number of nitrogens with two attached hydrogens (primary N) is 1. The number of ether oxygens (including phenoxy) is 1. The summed E-state index contributed by atoms with van der Waals surface area (Å²) in [7, 11) is 0. The molecular weight excluding hydrogens is 254 g/mol. The van der Waals surface area contributed by atoms with Gasteiger partial charge in [0.2, 0.25) is 11.8 Å². The zero-order chi connectivity index (χ0) is 13.8. The fourth-order valence-electron chi connectivity index (χ4n) is 1.80. The van der Waals surface area contributed by atoms with Crippen molar-refractivity contribution in [3.63, 3.8) is 0 Å². The first-order valence-electron chi connectivity index (χ1n) is 6.16. The van der Waals surface area contributed by atoms with Gasteiger partial charge in [0.05, 0.1) is 6.26 Å². The summed E-state index contributed by atoms with van der Waals surface area (Å²) in [6.45, 7) is 0.425. The molecule has 0 spiro atoms. The van der Waals surface area contributed by atoms with Crippen molar-refractivity contribution in [2.24, 2.45) is 0 Å². The Kier molecular flexibility index (Phi) is 3.33. The number of anilines is 1. The Hall–Kier alpha value is -2.82. The highest BCUT2D eigenvalue weighted by atomic mass is 16.5. The van der Waals surface area contributed by atoms with Crippen molar-refractivity contribution in [2.75, 3.05) is 5.73 Å². The lowest BCUT2D eigenvalue weighted by molar-refractivity contribution is 0.294. The van der Waals surface area contributed by atoms with Crippen LogP contribution in [0.4, 0.5) is 5.95 Å². The van der Waals surface area contributed by atoms with Crippen LogP contribution in [0.5, 0.6) is 5.88 Å². The average molecular weight is 267 g/mol. The second kappa shape index (κ2) is 5.44. The van der Waals surface area contributed by atoms with Crippen molar-refractivity contribution in [3.8, 4) is 17.3 Å². The smallest absolute Gasteiger partial charge is 0.223 e. The molecule has 3 rings (SSSR count). The molecule has 0 unspecified atom stereocenters. The molecule has 20 heavy (non-hydrogen) atoms. The predicted molar refractivity (Wildman–Crippen MR) is 74.9 cm³/mol. The van der Waals surface area contributed by atoms with E-state index in [9.17, 15) is 0 Å². The second-order valence-corrected chi connectivity index (χ2v) is 4.20. The third-order valence-corrected chi connectivity index (χ3v) is 2.72.